The van der Waals surface area contributed by atoms with Crippen molar-refractivity contribution in [1.82, 2.24) is 9.78 Å². The summed E-state index contributed by atoms with van der Waals surface area (Å²) >= 11 is 5.36. The lowest BCUT2D eigenvalue weighted by atomic mass is 10.2. The van der Waals surface area contributed by atoms with Crippen LogP contribution >= 0.6 is 12.2 Å². The number of nitrogens with one attached hydrogen (secondary N) is 2. The minimum atomic E-state index is -0.441. The Balaban J connectivity index is 1.73. The average molecular weight is 381 g/mol. The summed E-state index contributed by atoms with van der Waals surface area (Å²) in [6, 6.07) is 16.3. The molecule has 8 heteroatoms. The number of nitro benzene ring substituents is 1. The molecule has 0 unspecified atom stereocenters. The Labute approximate surface area is 162 Å². The van der Waals surface area contributed by atoms with E-state index in [0.29, 0.717) is 17.3 Å². The molecule has 138 valence electrons. The normalized spacial score (nSPS) is 10.4. The molecule has 3 aromatic rings. The molecule has 3 rings (SSSR count). The van der Waals surface area contributed by atoms with Gasteiger partial charge in [0.15, 0.2) is 5.11 Å². The fourth-order valence-electron chi connectivity index (χ4n) is 2.76. The molecule has 7 nitrogen and oxygen atoms in total. The van der Waals surface area contributed by atoms with Crippen LogP contribution in [0.15, 0.2) is 54.6 Å². The number of benzene rings is 2. The summed E-state index contributed by atoms with van der Waals surface area (Å²) in [6.07, 6.45) is 0. The average Bonchev–Trinajstić information content (AvgIpc) is 2.90. The number of anilines is 2. The largest absolute Gasteiger partial charge is 0.332 e. The van der Waals surface area contributed by atoms with Crippen molar-refractivity contribution in [3.8, 4) is 0 Å². The number of nitro groups is 1. The lowest BCUT2D eigenvalue weighted by Gasteiger charge is -2.11. The first-order chi connectivity index (χ1) is 12.9. The summed E-state index contributed by atoms with van der Waals surface area (Å²) in [7, 11) is 0. The van der Waals surface area contributed by atoms with Crippen LogP contribution in [0.1, 0.15) is 17.0 Å². The van der Waals surface area contributed by atoms with Crippen molar-refractivity contribution < 1.29 is 4.92 Å². The third-order valence-electron chi connectivity index (χ3n) is 4.11. The zero-order chi connectivity index (χ0) is 19.4. The lowest BCUT2D eigenvalue weighted by molar-refractivity contribution is -0.384. The Kier molecular flexibility index (Phi) is 5.46. The second kappa shape index (κ2) is 7.96. The number of hydrogen-bond acceptors (Lipinski definition) is 4. The van der Waals surface area contributed by atoms with Crippen molar-refractivity contribution in [1.29, 1.82) is 0 Å². The minimum absolute atomic E-state index is 0.00541. The Hall–Kier alpha value is -3.26. The summed E-state index contributed by atoms with van der Waals surface area (Å²) in [6.45, 7) is 4.55. The van der Waals surface area contributed by atoms with E-state index in [2.05, 4.69) is 27.9 Å². The predicted molar refractivity (Wildman–Crippen MR) is 110 cm³/mol. The maximum absolute atomic E-state index is 10.9. The number of aromatic nitrogens is 2. The lowest BCUT2D eigenvalue weighted by Crippen LogP contribution is -2.20. The van der Waals surface area contributed by atoms with Gasteiger partial charge in [0, 0.05) is 17.8 Å². The number of aryl methyl sites for hydroxylation is 1. The van der Waals surface area contributed by atoms with E-state index in [4.69, 9.17) is 12.2 Å². The summed E-state index contributed by atoms with van der Waals surface area (Å²) in [5, 5.41) is 21.9. The zero-order valence-corrected chi connectivity index (χ0v) is 15.8. The van der Waals surface area contributed by atoms with Gasteiger partial charge in [0.1, 0.15) is 0 Å². The first kappa shape index (κ1) is 18.5. The van der Waals surface area contributed by atoms with Crippen LogP contribution in [0.25, 0.3) is 0 Å². The van der Waals surface area contributed by atoms with Crippen LogP contribution in [-0.2, 0) is 6.54 Å². The monoisotopic (exact) mass is 381 g/mol. The minimum Gasteiger partial charge on any atom is -0.332 e. The van der Waals surface area contributed by atoms with E-state index < -0.39 is 4.92 Å². The molecule has 0 saturated heterocycles. The van der Waals surface area contributed by atoms with E-state index >= 15 is 0 Å². The molecular formula is C19H19N5O2S. The maximum Gasteiger partial charge on any atom is 0.271 e. The fraction of sp³-hybridized carbons (Fsp3) is 0.158. The van der Waals surface area contributed by atoms with Crippen molar-refractivity contribution in [3.05, 3.63) is 81.7 Å². The number of non-ortho nitro benzene ring substituents is 1. The van der Waals surface area contributed by atoms with Crippen LogP contribution in [0.5, 0.6) is 0 Å². The van der Waals surface area contributed by atoms with E-state index in [0.717, 1.165) is 22.6 Å². The van der Waals surface area contributed by atoms with E-state index in [9.17, 15) is 10.1 Å². The van der Waals surface area contributed by atoms with Gasteiger partial charge in [0.2, 0.25) is 0 Å². The van der Waals surface area contributed by atoms with Gasteiger partial charge in [-0.15, -0.1) is 0 Å². The fourth-order valence-corrected chi connectivity index (χ4v) is 2.98. The van der Waals surface area contributed by atoms with Crippen molar-refractivity contribution >= 4 is 34.4 Å². The molecule has 0 spiro atoms. The van der Waals surface area contributed by atoms with Gasteiger partial charge in [-0.1, -0.05) is 36.4 Å². The Bertz CT molecular complexity index is 985. The van der Waals surface area contributed by atoms with Gasteiger partial charge in [-0.3, -0.25) is 14.8 Å². The highest BCUT2D eigenvalue weighted by Gasteiger charge is 2.14. The molecule has 0 aliphatic heterocycles. The van der Waals surface area contributed by atoms with Gasteiger partial charge in [-0.25, -0.2) is 0 Å². The second-order valence-corrected chi connectivity index (χ2v) is 6.48. The Morgan fingerprint density at radius 3 is 2.59 bits per heavy atom. The molecule has 0 atom stereocenters. The number of thiocarbonyl (C=S) groups is 1. The topological polar surface area (TPSA) is 85.0 Å². The molecule has 0 fully saturated rings. The van der Waals surface area contributed by atoms with E-state index in [-0.39, 0.29) is 5.69 Å². The van der Waals surface area contributed by atoms with E-state index in [1.807, 2.05) is 36.7 Å². The van der Waals surface area contributed by atoms with Crippen molar-refractivity contribution in [3.63, 3.8) is 0 Å². The molecule has 0 aliphatic rings. The Morgan fingerprint density at radius 2 is 1.89 bits per heavy atom. The van der Waals surface area contributed by atoms with Crippen LogP contribution < -0.4 is 10.6 Å². The standard InChI is InChI=1S/C19H19N5O2S/c1-13-18(14(2)23(22-13)12-15-7-4-3-5-8-15)21-19(27)20-16-9-6-10-17(11-16)24(25)26/h3-11H,12H2,1-2H3,(H2,20,21,27). The Morgan fingerprint density at radius 1 is 1.15 bits per heavy atom. The van der Waals surface area contributed by atoms with E-state index in [1.165, 1.54) is 12.1 Å². The zero-order valence-electron chi connectivity index (χ0n) is 15.0. The SMILES string of the molecule is Cc1nn(Cc2ccccc2)c(C)c1NC(=S)Nc1cccc([N+](=O)[O-])c1. The van der Waals surface area contributed by atoms with Gasteiger partial charge in [0.25, 0.3) is 5.69 Å². The van der Waals surface area contributed by atoms with Gasteiger partial charge in [-0.2, -0.15) is 5.10 Å². The molecular weight excluding hydrogens is 362 g/mol. The quantitative estimate of drug-likeness (QED) is 0.390. The van der Waals surface area contributed by atoms with Crippen LogP contribution in [0.2, 0.25) is 0 Å². The van der Waals surface area contributed by atoms with Crippen molar-refractivity contribution in [2.45, 2.75) is 20.4 Å². The smallest absolute Gasteiger partial charge is 0.271 e. The molecule has 0 aliphatic carbocycles. The van der Waals surface area contributed by atoms with Gasteiger partial charge in [0.05, 0.1) is 28.5 Å². The number of rotatable bonds is 5. The number of hydrogen-bond donors (Lipinski definition) is 2. The summed E-state index contributed by atoms with van der Waals surface area (Å²) in [5.41, 5.74) is 4.33. The second-order valence-electron chi connectivity index (χ2n) is 6.08. The molecule has 1 heterocycles. The van der Waals surface area contributed by atoms with Gasteiger partial charge >= 0.3 is 0 Å². The molecule has 27 heavy (non-hydrogen) atoms. The van der Waals surface area contributed by atoms with Gasteiger partial charge < -0.3 is 10.6 Å². The van der Waals surface area contributed by atoms with E-state index in [1.54, 1.807) is 12.1 Å². The molecule has 0 bridgehead atoms. The van der Waals surface area contributed by atoms with Gasteiger partial charge in [-0.05, 0) is 37.7 Å². The summed E-state index contributed by atoms with van der Waals surface area (Å²) in [5.74, 6) is 0. The molecule has 0 saturated carbocycles. The highest BCUT2D eigenvalue weighted by molar-refractivity contribution is 7.80. The molecule has 0 amide bonds. The molecule has 2 N–H and O–H groups in total. The van der Waals surface area contributed by atoms with Crippen molar-refractivity contribution in [2.24, 2.45) is 0 Å². The first-order valence-electron chi connectivity index (χ1n) is 8.34. The third-order valence-corrected chi connectivity index (χ3v) is 4.31. The number of nitrogens with zero attached hydrogens (tertiary/aromatic N) is 3. The molecule has 1 aromatic heterocycles. The molecule has 0 radical (unpaired) electrons. The third kappa shape index (κ3) is 4.48. The highest BCUT2D eigenvalue weighted by Crippen LogP contribution is 2.22. The van der Waals surface area contributed by atoms with Crippen LogP contribution in [-0.4, -0.2) is 19.8 Å². The highest BCUT2D eigenvalue weighted by atomic mass is 32.1. The van der Waals surface area contributed by atoms with Crippen LogP contribution in [0.4, 0.5) is 17.1 Å². The summed E-state index contributed by atoms with van der Waals surface area (Å²) < 4.78 is 1.92. The van der Waals surface area contributed by atoms with Crippen molar-refractivity contribution in [2.75, 3.05) is 10.6 Å². The maximum atomic E-state index is 10.9. The van der Waals surface area contributed by atoms with Crippen LogP contribution in [0, 0.1) is 24.0 Å². The molecule has 2 aromatic carbocycles. The van der Waals surface area contributed by atoms with Crippen LogP contribution in [0.3, 0.4) is 0 Å². The first-order valence-corrected chi connectivity index (χ1v) is 8.75. The predicted octanol–water partition coefficient (Wildman–Crippen LogP) is 4.27. The summed E-state index contributed by atoms with van der Waals surface area (Å²) in [4.78, 5) is 10.4.